The predicted octanol–water partition coefficient (Wildman–Crippen LogP) is 2.53. The molecule has 1 fully saturated rings. The molecule has 108 valence electrons. The van der Waals surface area contributed by atoms with E-state index in [2.05, 4.69) is 27.1 Å². The molecule has 0 radical (unpaired) electrons. The second-order valence-corrected chi connectivity index (χ2v) is 5.09. The van der Waals surface area contributed by atoms with Crippen LogP contribution in [0.1, 0.15) is 30.3 Å². The number of nitrogens with one attached hydrogen (secondary N) is 1. The van der Waals surface area contributed by atoms with Gasteiger partial charge in [-0.15, -0.1) is 0 Å². The molecule has 1 aromatic carbocycles. The van der Waals surface area contributed by atoms with Crippen LogP contribution in [0, 0.1) is 0 Å². The fraction of sp³-hybridized carbons (Fsp3) is 0.312. The third-order valence-corrected chi connectivity index (χ3v) is 3.46. The molecule has 2 aromatic rings. The number of carbonyl (C=O) groups excluding carboxylic acids is 1. The average Bonchev–Trinajstić information content (AvgIpc) is 3.33. The minimum Gasteiger partial charge on any atom is -0.348 e. The van der Waals surface area contributed by atoms with E-state index in [0.717, 1.165) is 30.9 Å². The van der Waals surface area contributed by atoms with Crippen molar-refractivity contribution in [2.24, 2.45) is 0 Å². The summed E-state index contributed by atoms with van der Waals surface area (Å²) in [6.07, 6.45) is 3.58. The lowest BCUT2D eigenvalue weighted by atomic mass is 10.2. The van der Waals surface area contributed by atoms with E-state index in [0.29, 0.717) is 11.7 Å². The van der Waals surface area contributed by atoms with Crippen LogP contribution < -0.4 is 10.2 Å². The van der Waals surface area contributed by atoms with Gasteiger partial charge in [-0.05, 0) is 31.9 Å². The maximum absolute atomic E-state index is 12.1. The zero-order valence-electron chi connectivity index (χ0n) is 12.0. The SMILES string of the molecule is CCN(c1ccccc1)c1cc(C(=O)NC2CC2)ncn1. The summed E-state index contributed by atoms with van der Waals surface area (Å²) in [6.45, 7) is 2.82. The van der Waals surface area contributed by atoms with E-state index in [9.17, 15) is 4.79 Å². The summed E-state index contributed by atoms with van der Waals surface area (Å²) in [6, 6.07) is 12.1. The van der Waals surface area contributed by atoms with E-state index in [1.807, 2.05) is 30.3 Å². The molecule has 0 atom stereocenters. The summed E-state index contributed by atoms with van der Waals surface area (Å²) >= 11 is 0. The van der Waals surface area contributed by atoms with Gasteiger partial charge in [0.15, 0.2) is 0 Å². The molecular weight excluding hydrogens is 264 g/mol. The second-order valence-electron chi connectivity index (χ2n) is 5.09. The Hall–Kier alpha value is -2.43. The normalized spacial score (nSPS) is 13.8. The molecule has 0 spiro atoms. The Balaban J connectivity index is 1.85. The van der Waals surface area contributed by atoms with Crippen LogP contribution >= 0.6 is 0 Å². The number of nitrogens with zero attached hydrogens (tertiary/aromatic N) is 3. The van der Waals surface area contributed by atoms with Crippen LogP contribution in [0.25, 0.3) is 0 Å². The lowest BCUT2D eigenvalue weighted by Crippen LogP contribution is -2.27. The Labute approximate surface area is 124 Å². The monoisotopic (exact) mass is 282 g/mol. The Bertz CT molecular complexity index is 625. The van der Waals surface area contributed by atoms with Gasteiger partial charge in [-0.25, -0.2) is 9.97 Å². The third-order valence-electron chi connectivity index (χ3n) is 3.46. The highest BCUT2D eigenvalue weighted by Crippen LogP contribution is 2.23. The topological polar surface area (TPSA) is 58.1 Å². The van der Waals surface area contributed by atoms with E-state index >= 15 is 0 Å². The van der Waals surface area contributed by atoms with Crippen molar-refractivity contribution in [3.8, 4) is 0 Å². The summed E-state index contributed by atoms with van der Waals surface area (Å²) < 4.78 is 0. The van der Waals surface area contributed by atoms with Crippen LogP contribution in [-0.2, 0) is 0 Å². The van der Waals surface area contributed by atoms with Gasteiger partial charge in [-0.2, -0.15) is 0 Å². The van der Waals surface area contributed by atoms with Gasteiger partial charge >= 0.3 is 0 Å². The first-order valence-electron chi connectivity index (χ1n) is 7.23. The van der Waals surface area contributed by atoms with Crippen molar-refractivity contribution in [2.75, 3.05) is 11.4 Å². The predicted molar refractivity (Wildman–Crippen MR) is 81.6 cm³/mol. The first kappa shape index (κ1) is 13.5. The first-order valence-corrected chi connectivity index (χ1v) is 7.23. The summed E-state index contributed by atoms with van der Waals surface area (Å²) in [7, 11) is 0. The molecule has 5 heteroatoms. The van der Waals surface area contributed by atoms with Crippen LogP contribution in [0.3, 0.4) is 0 Å². The van der Waals surface area contributed by atoms with Crippen molar-refractivity contribution in [3.05, 3.63) is 48.4 Å². The number of amides is 1. The molecule has 1 aliphatic rings. The quantitative estimate of drug-likeness (QED) is 0.915. The number of hydrogen-bond acceptors (Lipinski definition) is 4. The minimum absolute atomic E-state index is 0.120. The summed E-state index contributed by atoms with van der Waals surface area (Å²) in [5.74, 6) is 0.616. The molecular formula is C16H18N4O. The summed E-state index contributed by atoms with van der Waals surface area (Å²) in [5, 5.41) is 2.95. The van der Waals surface area contributed by atoms with Crippen LogP contribution in [-0.4, -0.2) is 28.5 Å². The highest BCUT2D eigenvalue weighted by molar-refractivity contribution is 5.93. The highest BCUT2D eigenvalue weighted by atomic mass is 16.2. The maximum Gasteiger partial charge on any atom is 0.270 e. The standard InChI is InChI=1S/C16H18N4O/c1-2-20(13-6-4-3-5-7-13)15-10-14(17-11-18-15)16(21)19-12-8-9-12/h3-7,10-12H,2,8-9H2,1H3,(H,19,21). The van der Waals surface area contributed by atoms with E-state index in [1.165, 1.54) is 6.33 Å². The molecule has 0 saturated heterocycles. The molecule has 0 bridgehead atoms. The number of para-hydroxylation sites is 1. The first-order chi connectivity index (χ1) is 10.3. The molecule has 21 heavy (non-hydrogen) atoms. The van der Waals surface area contributed by atoms with Gasteiger partial charge in [0.05, 0.1) is 0 Å². The minimum atomic E-state index is -0.120. The lowest BCUT2D eigenvalue weighted by Gasteiger charge is -2.22. The molecule has 5 nitrogen and oxygen atoms in total. The van der Waals surface area contributed by atoms with Gasteiger partial charge in [0, 0.05) is 24.3 Å². The molecule has 1 N–H and O–H groups in total. The number of carbonyl (C=O) groups is 1. The zero-order chi connectivity index (χ0) is 14.7. The van der Waals surface area contributed by atoms with E-state index in [-0.39, 0.29) is 5.91 Å². The second kappa shape index (κ2) is 5.91. The lowest BCUT2D eigenvalue weighted by molar-refractivity contribution is 0.0946. The number of rotatable bonds is 5. The molecule has 1 aliphatic carbocycles. The van der Waals surface area contributed by atoms with Crippen LogP contribution in [0.2, 0.25) is 0 Å². The zero-order valence-corrected chi connectivity index (χ0v) is 12.0. The van der Waals surface area contributed by atoms with Crippen molar-refractivity contribution < 1.29 is 4.79 Å². The highest BCUT2D eigenvalue weighted by Gasteiger charge is 2.24. The molecule has 0 unspecified atom stereocenters. The average molecular weight is 282 g/mol. The van der Waals surface area contributed by atoms with Gasteiger partial charge < -0.3 is 10.2 Å². The maximum atomic E-state index is 12.1. The fourth-order valence-corrected chi connectivity index (χ4v) is 2.19. The number of aromatic nitrogens is 2. The van der Waals surface area contributed by atoms with Crippen molar-refractivity contribution in [1.29, 1.82) is 0 Å². The number of benzene rings is 1. The van der Waals surface area contributed by atoms with Crippen molar-refractivity contribution in [3.63, 3.8) is 0 Å². The van der Waals surface area contributed by atoms with Gasteiger partial charge in [-0.1, -0.05) is 18.2 Å². The largest absolute Gasteiger partial charge is 0.348 e. The van der Waals surface area contributed by atoms with Crippen LogP contribution in [0.15, 0.2) is 42.7 Å². The van der Waals surface area contributed by atoms with E-state index in [4.69, 9.17) is 0 Å². The van der Waals surface area contributed by atoms with E-state index < -0.39 is 0 Å². The fourth-order valence-electron chi connectivity index (χ4n) is 2.19. The third kappa shape index (κ3) is 3.18. The summed E-state index contributed by atoms with van der Waals surface area (Å²) in [4.78, 5) is 22.5. The van der Waals surface area contributed by atoms with Crippen LogP contribution in [0.4, 0.5) is 11.5 Å². The Kier molecular flexibility index (Phi) is 3.81. The van der Waals surface area contributed by atoms with Gasteiger partial charge in [0.25, 0.3) is 5.91 Å². The Morgan fingerprint density at radius 2 is 2.05 bits per heavy atom. The molecule has 1 amide bonds. The molecule has 3 rings (SSSR count). The Morgan fingerprint density at radius 1 is 1.29 bits per heavy atom. The molecule has 1 heterocycles. The van der Waals surface area contributed by atoms with Gasteiger partial charge in [0.2, 0.25) is 0 Å². The van der Waals surface area contributed by atoms with Crippen molar-refractivity contribution >= 4 is 17.4 Å². The number of anilines is 2. The molecule has 1 saturated carbocycles. The van der Waals surface area contributed by atoms with Crippen LogP contribution in [0.5, 0.6) is 0 Å². The van der Waals surface area contributed by atoms with Crippen molar-refractivity contribution in [2.45, 2.75) is 25.8 Å². The number of hydrogen-bond donors (Lipinski definition) is 1. The smallest absolute Gasteiger partial charge is 0.270 e. The molecule has 1 aromatic heterocycles. The Morgan fingerprint density at radius 3 is 2.71 bits per heavy atom. The molecule has 0 aliphatic heterocycles. The van der Waals surface area contributed by atoms with Gasteiger partial charge in [-0.3, -0.25) is 4.79 Å². The van der Waals surface area contributed by atoms with E-state index in [1.54, 1.807) is 6.07 Å². The summed E-state index contributed by atoms with van der Waals surface area (Å²) in [5.41, 5.74) is 1.47. The van der Waals surface area contributed by atoms with Crippen molar-refractivity contribution in [1.82, 2.24) is 15.3 Å². The van der Waals surface area contributed by atoms with Gasteiger partial charge in [0.1, 0.15) is 17.8 Å².